The van der Waals surface area contributed by atoms with Crippen molar-refractivity contribution in [2.45, 2.75) is 4.90 Å². The van der Waals surface area contributed by atoms with E-state index in [9.17, 15) is 12.8 Å². The van der Waals surface area contributed by atoms with E-state index in [0.717, 1.165) is 6.26 Å². The van der Waals surface area contributed by atoms with Crippen LogP contribution in [0.1, 0.15) is 0 Å². The molecule has 0 aliphatic heterocycles. The summed E-state index contributed by atoms with van der Waals surface area (Å²) in [4.78, 5) is 2.54. The van der Waals surface area contributed by atoms with E-state index in [-0.39, 0.29) is 4.90 Å². The Balaban J connectivity index is 2.88. The number of H-pyrrole nitrogens is 1. The van der Waals surface area contributed by atoms with Crippen molar-refractivity contribution in [3.8, 4) is 0 Å². The van der Waals surface area contributed by atoms with Crippen molar-refractivity contribution in [3.05, 3.63) is 30.2 Å². The minimum absolute atomic E-state index is 0.260. The van der Waals surface area contributed by atoms with Gasteiger partial charge >= 0.3 is 0 Å². The topological polar surface area (TPSA) is 49.9 Å². The van der Waals surface area contributed by atoms with Gasteiger partial charge in [-0.1, -0.05) is 0 Å². The molecule has 1 aromatic carbocycles. The van der Waals surface area contributed by atoms with Gasteiger partial charge in [0.25, 0.3) is 0 Å². The largest absolute Gasteiger partial charge is 0.361 e. The smallest absolute Gasteiger partial charge is 0.178 e. The molecule has 0 saturated carbocycles. The maximum absolute atomic E-state index is 13.6. The Morgan fingerprint density at radius 3 is 2.64 bits per heavy atom. The maximum Gasteiger partial charge on any atom is 0.178 e. The molecule has 1 aromatic heterocycles. The van der Waals surface area contributed by atoms with Crippen LogP contribution in [-0.4, -0.2) is 19.7 Å². The van der Waals surface area contributed by atoms with Crippen LogP contribution in [0.3, 0.4) is 0 Å². The minimum atomic E-state index is -3.49. The SMILES string of the molecule is CS(=O)(=O)c1ccc2[nH]ccc2c1F. The highest BCUT2D eigenvalue weighted by atomic mass is 32.2. The van der Waals surface area contributed by atoms with Gasteiger partial charge in [-0.05, 0) is 18.2 Å². The standard InChI is InChI=1S/C9H8FNO2S/c1-14(12,13)8-3-2-7-6(9(8)10)4-5-11-7/h2-5,11H,1H3. The highest BCUT2D eigenvalue weighted by Gasteiger charge is 2.15. The van der Waals surface area contributed by atoms with Crippen molar-refractivity contribution in [3.63, 3.8) is 0 Å². The lowest BCUT2D eigenvalue weighted by Crippen LogP contribution is -2.00. The molecule has 1 heterocycles. The van der Waals surface area contributed by atoms with Gasteiger partial charge < -0.3 is 4.98 Å². The Hall–Kier alpha value is -1.36. The molecule has 0 unspecified atom stereocenters. The Kier molecular flexibility index (Phi) is 1.85. The zero-order valence-corrected chi connectivity index (χ0v) is 8.23. The molecule has 74 valence electrons. The lowest BCUT2D eigenvalue weighted by molar-refractivity contribution is 0.577. The Labute approximate surface area is 80.5 Å². The van der Waals surface area contributed by atoms with Gasteiger partial charge in [0.05, 0.1) is 0 Å². The molecule has 0 spiro atoms. The molecule has 0 amide bonds. The van der Waals surface area contributed by atoms with Gasteiger partial charge in [-0.2, -0.15) is 0 Å². The third-order valence-corrected chi connectivity index (χ3v) is 3.15. The first-order chi connectivity index (χ1) is 6.50. The van der Waals surface area contributed by atoms with Gasteiger partial charge in [0.1, 0.15) is 4.90 Å². The van der Waals surface area contributed by atoms with Gasteiger partial charge in [-0.25, -0.2) is 12.8 Å². The lowest BCUT2D eigenvalue weighted by Gasteiger charge is -2.00. The summed E-state index contributed by atoms with van der Waals surface area (Å²) in [6.07, 6.45) is 2.56. The highest BCUT2D eigenvalue weighted by Crippen LogP contribution is 2.23. The quantitative estimate of drug-likeness (QED) is 0.784. The van der Waals surface area contributed by atoms with E-state index in [0.29, 0.717) is 10.9 Å². The summed E-state index contributed by atoms with van der Waals surface area (Å²) in [5.41, 5.74) is 0.593. The minimum Gasteiger partial charge on any atom is -0.361 e. The molecular formula is C9H8FNO2S. The number of hydrogen-bond donors (Lipinski definition) is 1. The predicted molar refractivity (Wildman–Crippen MR) is 51.4 cm³/mol. The fourth-order valence-corrected chi connectivity index (χ4v) is 2.11. The number of sulfone groups is 1. The third-order valence-electron chi connectivity index (χ3n) is 2.03. The summed E-state index contributed by atoms with van der Waals surface area (Å²) in [7, 11) is -3.49. The second kappa shape index (κ2) is 2.81. The van der Waals surface area contributed by atoms with E-state index < -0.39 is 15.7 Å². The van der Waals surface area contributed by atoms with Gasteiger partial charge in [0, 0.05) is 23.4 Å². The second-order valence-electron chi connectivity index (χ2n) is 3.09. The molecule has 1 N–H and O–H groups in total. The molecule has 5 heteroatoms. The number of aromatic nitrogens is 1. The van der Waals surface area contributed by atoms with Crippen LogP contribution >= 0.6 is 0 Å². The van der Waals surface area contributed by atoms with E-state index in [4.69, 9.17) is 0 Å². The van der Waals surface area contributed by atoms with Crippen molar-refractivity contribution in [1.82, 2.24) is 4.98 Å². The van der Waals surface area contributed by atoms with Crippen molar-refractivity contribution < 1.29 is 12.8 Å². The van der Waals surface area contributed by atoms with Gasteiger partial charge in [-0.15, -0.1) is 0 Å². The molecule has 0 fully saturated rings. The van der Waals surface area contributed by atoms with E-state index >= 15 is 0 Å². The molecule has 0 aliphatic rings. The zero-order valence-electron chi connectivity index (χ0n) is 7.41. The Morgan fingerprint density at radius 1 is 1.29 bits per heavy atom. The number of hydrogen-bond acceptors (Lipinski definition) is 2. The summed E-state index contributed by atoms with van der Waals surface area (Å²) in [5, 5.41) is 0.299. The monoisotopic (exact) mass is 213 g/mol. The molecule has 0 saturated heterocycles. The number of fused-ring (bicyclic) bond motifs is 1. The Bertz CT molecular complexity index is 586. The van der Waals surface area contributed by atoms with E-state index in [2.05, 4.69) is 4.98 Å². The molecule has 0 bridgehead atoms. The van der Waals surface area contributed by atoms with Gasteiger partial charge in [0.15, 0.2) is 15.7 Å². The molecule has 0 atom stereocenters. The van der Waals surface area contributed by atoms with Crippen LogP contribution in [0.25, 0.3) is 10.9 Å². The number of nitrogens with one attached hydrogen (secondary N) is 1. The number of halogens is 1. The van der Waals surface area contributed by atoms with Crippen molar-refractivity contribution >= 4 is 20.7 Å². The van der Waals surface area contributed by atoms with E-state index in [1.54, 1.807) is 12.3 Å². The maximum atomic E-state index is 13.6. The molecule has 14 heavy (non-hydrogen) atoms. The summed E-state index contributed by atoms with van der Waals surface area (Å²) in [5.74, 6) is -0.689. The summed E-state index contributed by atoms with van der Waals surface area (Å²) >= 11 is 0. The van der Waals surface area contributed by atoms with Crippen LogP contribution < -0.4 is 0 Å². The molecule has 0 radical (unpaired) electrons. The first-order valence-corrected chi connectivity index (χ1v) is 5.85. The highest BCUT2D eigenvalue weighted by molar-refractivity contribution is 7.90. The summed E-state index contributed by atoms with van der Waals surface area (Å²) in [6.45, 7) is 0. The fourth-order valence-electron chi connectivity index (χ4n) is 1.36. The zero-order chi connectivity index (χ0) is 10.3. The predicted octanol–water partition coefficient (Wildman–Crippen LogP) is 1.71. The van der Waals surface area contributed by atoms with Crippen LogP contribution in [-0.2, 0) is 9.84 Å². The van der Waals surface area contributed by atoms with Gasteiger partial charge in [0.2, 0.25) is 0 Å². The van der Waals surface area contributed by atoms with Crippen LogP contribution in [0, 0.1) is 5.82 Å². The number of aromatic amines is 1. The average molecular weight is 213 g/mol. The first kappa shape index (κ1) is 9.21. The Morgan fingerprint density at radius 2 is 2.00 bits per heavy atom. The van der Waals surface area contributed by atoms with Crippen molar-refractivity contribution in [2.24, 2.45) is 0 Å². The molecule has 3 nitrogen and oxygen atoms in total. The fraction of sp³-hybridized carbons (Fsp3) is 0.111. The lowest BCUT2D eigenvalue weighted by atomic mass is 10.2. The van der Waals surface area contributed by atoms with Crippen LogP contribution in [0.5, 0.6) is 0 Å². The van der Waals surface area contributed by atoms with E-state index in [1.165, 1.54) is 12.1 Å². The van der Waals surface area contributed by atoms with Crippen LogP contribution in [0.4, 0.5) is 4.39 Å². The molecule has 2 aromatic rings. The number of benzene rings is 1. The third kappa shape index (κ3) is 1.29. The van der Waals surface area contributed by atoms with Crippen LogP contribution in [0.2, 0.25) is 0 Å². The normalized spacial score (nSPS) is 12.1. The average Bonchev–Trinajstić information content (AvgIpc) is 2.50. The first-order valence-electron chi connectivity index (χ1n) is 3.96. The van der Waals surface area contributed by atoms with Crippen LogP contribution in [0.15, 0.2) is 29.3 Å². The van der Waals surface area contributed by atoms with Crippen molar-refractivity contribution in [1.29, 1.82) is 0 Å². The molecular weight excluding hydrogens is 205 g/mol. The van der Waals surface area contributed by atoms with E-state index in [1.807, 2.05) is 0 Å². The van der Waals surface area contributed by atoms with Crippen molar-refractivity contribution in [2.75, 3.05) is 6.26 Å². The number of rotatable bonds is 1. The van der Waals surface area contributed by atoms with Gasteiger partial charge in [-0.3, -0.25) is 0 Å². The summed E-state index contributed by atoms with van der Waals surface area (Å²) < 4.78 is 35.9. The second-order valence-corrected chi connectivity index (χ2v) is 5.07. The molecule has 2 rings (SSSR count). The summed E-state index contributed by atoms with van der Waals surface area (Å²) in [6, 6.07) is 4.33. The molecule has 0 aliphatic carbocycles.